The molecule has 0 aliphatic rings. The monoisotopic (exact) mass is 338 g/mol. The van der Waals surface area contributed by atoms with Crippen molar-refractivity contribution in [3.8, 4) is 11.5 Å². The van der Waals surface area contributed by atoms with Crippen molar-refractivity contribution in [1.29, 1.82) is 0 Å². The van der Waals surface area contributed by atoms with Crippen LogP contribution in [0.5, 0.6) is 11.5 Å². The van der Waals surface area contributed by atoms with Crippen LogP contribution in [0.2, 0.25) is 0 Å². The molecule has 0 heterocycles. The van der Waals surface area contributed by atoms with E-state index in [-0.39, 0.29) is 0 Å². The third-order valence-electron chi connectivity index (χ3n) is 4.78. The summed E-state index contributed by atoms with van der Waals surface area (Å²) in [6, 6.07) is 29.7. The second-order valence-corrected chi connectivity index (χ2v) is 6.83. The normalized spacial score (nSPS) is 10.8. The molecular formula is C25H22O. The highest BCUT2D eigenvalue weighted by Gasteiger charge is 2.06. The number of aryl methyl sites for hydroxylation is 2. The maximum Gasteiger partial charge on any atom is 0.135 e. The number of hydrogen-bond donors (Lipinski definition) is 0. The minimum atomic E-state index is 0.867. The van der Waals surface area contributed by atoms with Gasteiger partial charge in [-0.3, -0.25) is 0 Å². The third-order valence-corrected chi connectivity index (χ3v) is 4.78. The summed E-state index contributed by atoms with van der Waals surface area (Å²) in [5.41, 5.74) is 5.17. The maximum atomic E-state index is 6.17. The molecule has 128 valence electrons. The van der Waals surface area contributed by atoms with Crippen LogP contribution in [0.4, 0.5) is 0 Å². The zero-order chi connectivity index (χ0) is 17.9. The van der Waals surface area contributed by atoms with Crippen LogP contribution in [0, 0.1) is 13.8 Å². The van der Waals surface area contributed by atoms with Crippen LogP contribution >= 0.6 is 0 Å². The molecule has 0 saturated carbocycles. The van der Waals surface area contributed by atoms with Crippen molar-refractivity contribution in [2.75, 3.05) is 0 Å². The standard InChI is InChI=1S/C25H22O/c1-18-7-10-20(11-8-18)17-21-12-14-22(15-13-21)26-25-16-9-19(2)23-5-3-4-6-24(23)25/h3-16H,17H2,1-2H3. The Bertz CT molecular complexity index is 1030. The second-order valence-electron chi connectivity index (χ2n) is 6.83. The summed E-state index contributed by atoms with van der Waals surface area (Å²) in [5.74, 6) is 1.77. The number of rotatable bonds is 4. The van der Waals surface area contributed by atoms with Gasteiger partial charge in [0.05, 0.1) is 0 Å². The Hall–Kier alpha value is -3.06. The van der Waals surface area contributed by atoms with Gasteiger partial charge < -0.3 is 4.74 Å². The lowest BCUT2D eigenvalue weighted by Gasteiger charge is -2.11. The summed E-state index contributed by atoms with van der Waals surface area (Å²) in [6.45, 7) is 4.25. The molecule has 0 fully saturated rings. The Kier molecular flexibility index (Phi) is 4.45. The van der Waals surface area contributed by atoms with Crippen LogP contribution < -0.4 is 4.74 Å². The molecule has 0 unspecified atom stereocenters. The Morgan fingerprint density at radius 2 is 1.23 bits per heavy atom. The van der Waals surface area contributed by atoms with Gasteiger partial charge in [-0.1, -0.05) is 72.3 Å². The van der Waals surface area contributed by atoms with Gasteiger partial charge in [-0.15, -0.1) is 0 Å². The van der Waals surface area contributed by atoms with Crippen LogP contribution in [0.25, 0.3) is 10.8 Å². The zero-order valence-corrected chi connectivity index (χ0v) is 15.2. The molecule has 1 nitrogen and oxygen atoms in total. The SMILES string of the molecule is Cc1ccc(Cc2ccc(Oc3ccc(C)c4ccccc34)cc2)cc1. The van der Waals surface area contributed by atoms with E-state index >= 15 is 0 Å². The highest BCUT2D eigenvalue weighted by molar-refractivity contribution is 5.91. The molecule has 0 N–H and O–H groups in total. The molecule has 0 aliphatic heterocycles. The average molecular weight is 338 g/mol. The number of fused-ring (bicyclic) bond motifs is 1. The van der Waals surface area contributed by atoms with Crippen molar-refractivity contribution >= 4 is 10.8 Å². The van der Waals surface area contributed by atoms with Gasteiger partial charge in [-0.25, -0.2) is 0 Å². The van der Waals surface area contributed by atoms with Crippen molar-refractivity contribution in [3.05, 3.63) is 107 Å². The summed E-state index contributed by atoms with van der Waals surface area (Å²) in [5, 5.41) is 2.39. The summed E-state index contributed by atoms with van der Waals surface area (Å²) in [4.78, 5) is 0. The van der Waals surface area contributed by atoms with E-state index in [0.717, 1.165) is 23.3 Å². The highest BCUT2D eigenvalue weighted by Crippen LogP contribution is 2.32. The molecule has 0 amide bonds. The smallest absolute Gasteiger partial charge is 0.135 e. The van der Waals surface area contributed by atoms with Crippen LogP contribution in [-0.2, 0) is 6.42 Å². The van der Waals surface area contributed by atoms with Gasteiger partial charge in [-0.2, -0.15) is 0 Å². The largest absolute Gasteiger partial charge is 0.457 e. The van der Waals surface area contributed by atoms with Crippen LogP contribution in [0.1, 0.15) is 22.3 Å². The number of ether oxygens (including phenoxy) is 1. The summed E-state index contributed by atoms with van der Waals surface area (Å²) in [6.07, 6.45) is 0.939. The molecule has 26 heavy (non-hydrogen) atoms. The fraction of sp³-hybridized carbons (Fsp3) is 0.120. The Labute approximate surface area is 154 Å². The average Bonchev–Trinajstić information content (AvgIpc) is 2.68. The topological polar surface area (TPSA) is 9.23 Å². The Morgan fingerprint density at radius 1 is 0.615 bits per heavy atom. The molecule has 0 spiro atoms. The van der Waals surface area contributed by atoms with Crippen LogP contribution in [-0.4, -0.2) is 0 Å². The Morgan fingerprint density at radius 3 is 1.92 bits per heavy atom. The molecule has 0 radical (unpaired) electrons. The predicted octanol–water partition coefficient (Wildman–Crippen LogP) is 6.84. The molecule has 0 saturated heterocycles. The Balaban J connectivity index is 1.55. The first-order chi connectivity index (χ1) is 12.7. The van der Waals surface area contributed by atoms with Gasteiger partial charge in [0.1, 0.15) is 11.5 Å². The molecule has 0 aromatic heterocycles. The molecule has 4 aromatic carbocycles. The van der Waals surface area contributed by atoms with Gasteiger partial charge in [0.25, 0.3) is 0 Å². The minimum Gasteiger partial charge on any atom is -0.457 e. The van der Waals surface area contributed by atoms with Gasteiger partial charge >= 0.3 is 0 Å². The first-order valence-electron chi connectivity index (χ1n) is 9.00. The molecule has 4 aromatic rings. The van der Waals surface area contributed by atoms with E-state index in [0.29, 0.717) is 0 Å². The first kappa shape index (κ1) is 16.4. The quantitative estimate of drug-likeness (QED) is 0.396. The van der Waals surface area contributed by atoms with Gasteiger partial charge in [0, 0.05) is 5.39 Å². The molecular weight excluding hydrogens is 316 g/mol. The summed E-state index contributed by atoms with van der Waals surface area (Å²) in [7, 11) is 0. The molecule has 4 rings (SSSR count). The van der Waals surface area contributed by atoms with E-state index in [4.69, 9.17) is 4.74 Å². The van der Waals surface area contributed by atoms with Crippen molar-refractivity contribution in [2.24, 2.45) is 0 Å². The van der Waals surface area contributed by atoms with Crippen molar-refractivity contribution in [3.63, 3.8) is 0 Å². The first-order valence-corrected chi connectivity index (χ1v) is 9.00. The van der Waals surface area contributed by atoms with Crippen LogP contribution in [0.15, 0.2) is 84.9 Å². The molecule has 0 atom stereocenters. The van der Waals surface area contributed by atoms with Gasteiger partial charge in [0.2, 0.25) is 0 Å². The predicted molar refractivity (Wildman–Crippen MR) is 109 cm³/mol. The van der Waals surface area contributed by atoms with E-state index in [1.165, 1.54) is 27.6 Å². The second kappa shape index (κ2) is 7.05. The van der Waals surface area contributed by atoms with Gasteiger partial charge in [-0.05, 0) is 60.5 Å². The lowest BCUT2D eigenvalue weighted by molar-refractivity contribution is 0.488. The van der Waals surface area contributed by atoms with E-state index in [9.17, 15) is 0 Å². The minimum absolute atomic E-state index is 0.867. The lowest BCUT2D eigenvalue weighted by atomic mass is 10.0. The van der Waals surface area contributed by atoms with E-state index in [1.807, 2.05) is 0 Å². The van der Waals surface area contributed by atoms with Crippen molar-refractivity contribution in [1.82, 2.24) is 0 Å². The fourth-order valence-electron chi connectivity index (χ4n) is 3.26. The molecule has 1 heteroatoms. The van der Waals surface area contributed by atoms with Crippen molar-refractivity contribution in [2.45, 2.75) is 20.3 Å². The highest BCUT2D eigenvalue weighted by atomic mass is 16.5. The molecule has 0 bridgehead atoms. The maximum absolute atomic E-state index is 6.17. The van der Waals surface area contributed by atoms with Gasteiger partial charge in [0.15, 0.2) is 0 Å². The number of benzene rings is 4. The zero-order valence-electron chi connectivity index (χ0n) is 15.2. The van der Waals surface area contributed by atoms with Crippen LogP contribution in [0.3, 0.4) is 0 Å². The van der Waals surface area contributed by atoms with E-state index in [2.05, 4.69) is 98.8 Å². The van der Waals surface area contributed by atoms with E-state index < -0.39 is 0 Å². The summed E-state index contributed by atoms with van der Waals surface area (Å²) < 4.78 is 6.17. The van der Waals surface area contributed by atoms with Crippen molar-refractivity contribution < 1.29 is 4.74 Å². The van der Waals surface area contributed by atoms with E-state index in [1.54, 1.807) is 0 Å². The lowest BCUT2D eigenvalue weighted by Crippen LogP contribution is -1.90. The summed E-state index contributed by atoms with van der Waals surface area (Å²) >= 11 is 0. The fourth-order valence-corrected chi connectivity index (χ4v) is 3.26. The molecule has 0 aliphatic carbocycles. The third kappa shape index (κ3) is 3.48. The number of hydrogen-bond acceptors (Lipinski definition) is 1.